The summed E-state index contributed by atoms with van der Waals surface area (Å²) in [6, 6.07) is 6.16. The van der Waals surface area contributed by atoms with E-state index in [4.69, 9.17) is 10.00 Å². The molecule has 0 bridgehead atoms. The van der Waals surface area contributed by atoms with Gasteiger partial charge in [0.15, 0.2) is 0 Å². The number of benzene rings is 1. The fourth-order valence-electron chi connectivity index (χ4n) is 1.85. The summed E-state index contributed by atoms with van der Waals surface area (Å²) in [4.78, 5) is 10.1. The number of nitrogens with zero attached hydrogens (tertiary/aromatic N) is 2. The van der Waals surface area contributed by atoms with Gasteiger partial charge < -0.3 is 10.1 Å². The van der Waals surface area contributed by atoms with Gasteiger partial charge in [0.2, 0.25) is 0 Å². The van der Waals surface area contributed by atoms with Crippen molar-refractivity contribution in [2.75, 3.05) is 11.9 Å². The first-order chi connectivity index (χ1) is 9.20. The highest BCUT2D eigenvalue weighted by atomic mass is 16.6. The number of nitriles is 1. The SMILES string of the molecule is N#Cc1cc([N+](=O)[O-])ccc1NCC1CCC=CO1. The molecule has 0 spiro atoms. The molecule has 6 nitrogen and oxygen atoms in total. The van der Waals surface area contributed by atoms with E-state index in [1.165, 1.54) is 12.1 Å². The van der Waals surface area contributed by atoms with Crippen LogP contribution in [0, 0.1) is 21.4 Å². The summed E-state index contributed by atoms with van der Waals surface area (Å²) in [5.41, 5.74) is 0.769. The molecule has 0 amide bonds. The zero-order chi connectivity index (χ0) is 13.7. The van der Waals surface area contributed by atoms with Gasteiger partial charge in [-0.2, -0.15) is 5.26 Å². The highest BCUT2D eigenvalue weighted by Crippen LogP contribution is 2.22. The molecule has 6 heteroatoms. The van der Waals surface area contributed by atoms with Crippen LogP contribution >= 0.6 is 0 Å². The third-order valence-electron chi connectivity index (χ3n) is 2.88. The molecular formula is C13H13N3O3. The van der Waals surface area contributed by atoms with Gasteiger partial charge in [-0.3, -0.25) is 10.1 Å². The van der Waals surface area contributed by atoms with Gasteiger partial charge in [-0.1, -0.05) is 0 Å². The Morgan fingerprint density at radius 1 is 1.58 bits per heavy atom. The number of nitro groups is 1. The van der Waals surface area contributed by atoms with Crippen molar-refractivity contribution in [1.29, 1.82) is 5.26 Å². The molecule has 0 saturated heterocycles. The van der Waals surface area contributed by atoms with E-state index in [9.17, 15) is 10.1 Å². The normalized spacial score (nSPS) is 17.3. The lowest BCUT2D eigenvalue weighted by Gasteiger charge is -2.20. The molecule has 19 heavy (non-hydrogen) atoms. The Labute approximate surface area is 110 Å². The van der Waals surface area contributed by atoms with Gasteiger partial charge in [-0.15, -0.1) is 0 Å². The smallest absolute Gasteiger partial charge is 0.270 e. The Morgan fingerprint density at radius 3 is 3.05 bits per heavy atom. The summed E-state index contributed by atoms with van der Waals surface area (Å²) in [7, 11) is 0. The number of anilines is 1. The van der Waals surface area contributed by atoms with Gasteiger partial charge in [0.25, 0.3) is 5.69 Å². The van der Waals surface area contributed by atoms with Crippen LogP contribution in [0.3, 0.4) is 0 Å². The van der Waals surface area contributed by atoms with Crippen LogP contribution in [0.4, 0.5) is 11.4 Å². The Balaban J connectivity index is 2.05. The van der Waals surface area contributed by atoms with Crippen molar-refractivity contribution in [3.8, 4) is 6.07 Å². The second kappa shape index (κ2) is 5.87. The fourth-order valence-corrected chi connectivity index (χ4v) is 1.85. The molecule has 1 aromatic rings. The molecule has 0 aliphatic carbocycles. The minimum Gasteiger partial charge on any atom is -0.497 e. The molecule has 98 valence electrons. The predicted octanol–water partition coefficient (Wildman–Crippen LogP) is 2.57. The highest BCUT2D eigenvalue weighted by Gasteiger charge is 2.14. The minimum atomic E-state index is -0.514. The summed E-state index contributed by atoms with van der Waals surface area (Å²) >= 11 is 0. The zero-order valence-electron chi connectivity index (χ0n) is 10.2. The van der Waals surface area contributed by atoms with E-state index < -0.39 is 4.92 Å². The third kappa shape index (κ3) is 3.22. The van der Waals surface area contributed by atoms with Gasteiger partial charge in [-0.25, -0.2) is 0 Å². The molecule has 1 aliphatic heterocycles. The average Bonchev–Trinajstić information content (AvgIpc) is 2.45. The first-order valence-electron chi connectivity index (χ1n) is 5.93. The number of nitrogens with one attached hydrogen (secondary N) is 1. The molecule has 1 atom stereocenters. The van der Waals surface area contributed by atoms with Crippen LogP contribution < -0.4 is 5.32 Å². The van der Waals surface area contributed by atoms with E-state index in [0.717, 1.165) is 12.8 Å². The molecule has 0 aromatic heterocycles. The Bertz CT molecular complexity index is 549. The van der Waals surface area contributed by atoms with Gasteiger partial charge in [0.1, 0.15) is 12.2 Å². The van der Waals surface area contributed by atoms with E-state index in [2.05, 4.69) is 5.32 Å². The number of hydrogen-bond acceptors (Lipinski definition) is 5. The van der Waals surface area contributed by atoms with Gasteiger partial charge in [-0.05, 0) is 25.0 Å². The first-order valence-corrected chi connectivity index (χ1v) is 5.93. The van der Waals surface area contributed by atoms with E-state index in [0.29, 0.717) is 12.2 Å². The van der Waals surface area contributed by atoms with Crippen LogP contribution in [0.5, 0.6) is 0 Å². The fraction of sp³-hybridized carbons (Fsp3) is 0.308. The summed E-state index contributed by atoms with van der Waals surface area (Å²) < 4.78 is 5.40. The number of nitro benzene ring substituents is 1. The largest absolute Gasteiger partial charge is 0.497 e. The third-order valence-corrected chi connectivity index (χ3v) is 2.88. The Morgan fingerprint density at radius 2 is 2.42 bits per heavy atom. The molecule has 1 N–H and O–H groups in total. The molecular weight excluding hydrogens is 246 g/mol. The monoisotopic (exact) mass is 259 g/mol. The number of allylic oxidation sites excluding steroid dienone is 1. The van der Waals surface area contributed by atoms with Gasteiger partial charge >= 0.3 is 0 Å². The lowest BCUT2D eigenvalue weighted by atomic mass is 10.1. The van der Waals surface area contributed by atoms with Crippen molar-refractivity contribution in [2.45, 2.75) is 18.9 Å². The second-order valence-electron chi connectivity index (χ2n) is 4.19. The van der Waals surface area contributed by atoms with Crippen molar-refractivity contribution in [3.63, 3.8) is 0 Å². The molecule has 1 aromatic carbocycles. The molecule has 0 radical (unpaired) electrons. The van der Waals surface area contributed by atoms with E-state index >= 15 is 0 Å². The number of hydrogen-bond donors (Lipinski definition) is 1. The lowest BCUT2D eigenvalue weighted by molar-refractivity contribution is -0.384. The summed E-state index contributed by atoms with van der Waals surface area (Å²) in [6.45, 7) is 0.566. The maximum Gasteiger partial charge on any atom is 0.270 e. The Kier molecular flexibility index (Phi) is 3.98. The summed E-state index contributed by atoms with van der Waals surface area (Å²) in [5, 5.41) is 22.7. The number of non-ortho nitro benzene ring substituents is 1. The molecule has 2 rings (SSSR count). The van der Waals surface area contributed by atoms with Crippen LogP contribution in [-0.4, -0.2) is 17.6 Å². The Hall–Kier alpha value is -2.55. The molecule has 0 fully saturated rings. The maximum absolute atomic E-state index is 10.6. The van der Waals surface area contributed by atoms with Crippen molar-refractivity contribution in [1.82, 2.24) is 0 Å². The van der Waals surface area contributed by atoms with E-state index in [1.54, 1.807) is 12.3 Å². The van der Waals surface area contributed by atoms with Crippen molar-refractivity contribution < 1.29 is 9.66 Å². The molecule has 1 heterocycles. The van der Waals surface area contributed by atoms with Crippen LogP contribution in [0.25, 0.3) is 0 Å². The van der Waals surface area contributed by atoms with Crippen molar-refractivity contribution in [2.24, 2.45) is 0 Å². The highest BCUT2D eigenvalue weighted by molar-refractivity contribution is 5.61. The average molecular weight is 259 g/mol. The topological polar surface area (TPSA) is 88.2 Å². The van der Waals surface area contributed by atoms with Crippen LogP contribution in [-0.2, 0) is 4.74 Å². The quantitative estimate of drug-likeness (QED) is 0.663. The summed E-state index contributed by atoms with van der Waals surface area (Å²) in [6.07, 6.45) is 5.59. The first kappa shape index (κ1) is 12.9. The molecule has 0 saturated carbocycles. The molecule has 1 unspecified atom stereocenters. The molecule has 1 aliphatic rings. The second-order valence-corrected chi connectivity index (χ2v) is 4.19. The van der Waals surface area contributed by atoms with Gasteiger partial charge in [0.05, 0.1) is 29.0 Å². The lowest BCUT2D eigenvalue weighted by Crippen LogP contribution is -2.23. The van der Waals surface area contributed by atoms with Crippen LogP contribution in [0.2, 0.25) is 0 Å². The predicted molar refractivity (Wildman–Crippen MR) is 69.5 cm³/mol. The zero-order valence-corrected chi connectivity index (χ0v) is 10.2. The maximum atomic E-state index is 10.6. The number of ether oxygens (including phenoxy) is 1. The summed E-state index contributed by atoms with van der Waals surface area (Å²) in [5.74, 6) is 0. The van der Waals surface area contributed by atoms with Crippen molar-refractivity contribution in [3.05, 3.63) is 46.2 Å². The van der Waals surface area contributed by atoms with Crippen molar-refractivity contribution >= 4 is 11.4 Å². The standard InChI is InChI=1S/C13H13N3O3/c14-8-10-7-11(16(17)18)4-5-13(10)15-9-12-3-1-2-6-19-12/h2,4-7,12,15H,1,3,9H2. The van der Waals surface area contributed by atoms with Crippen LogP contribution in [0.15, 0.2) is 30.5 Å². The van der Waals surface area contributed by atoms with Crippen LogP contribution in [0.1, 0.15) is 18.4 Å². The van der Waals surface area contributed by atoms with E-state index in [-0.39, 0.29) is 17.4 Å². The minimum absolute atomic E-state index is 0.0618. The van der Waals surface area contributed by atoms with E-state index in [1.807, 2.05) is 12.1 Å². The number of rotatable bonds is 4. The van der Waals surface area contributed by atoms with Gasteiger partial charge in [0, 0.05) is 12.1 Å².